The molecular weight excluding hydrogens is 356 g/mol. The summed E-state index contributed by atoms with van der Waals surface area (Å²) < 4.78 is 30.6. The van der Waals surface area contributed by atoms with E-state index in [1.54, 1.807) is 18.2 Å². The van der Waals surface area contributed by atoms with Gasteiger partial charge in [-0.3, -0.25) is 0 Å². The van der Waals surface area contributed by atoms with Crippen LogP contribution < -0.4 is 4.74 Å². The molecule has 3 rings (SSSR count). The Hall–Kier alpha value is -3.32. The molecule has 0 radical (unpaired) electrons. The first-order chi connectivity index (χ1) is 12.4. The predicted molar refractivity (Wildman–Crippen MR) is 93.5 cm³/mol. The molecule has 6 nitrogen and oxygen atoms in total. The van der Waals surface area contributed by atoms with E-state index in [0.717, 1.165) is 0 Å². The van der Waals surface area contributed by atoms with Crippen LogP contribution in [0.3, 0.4) is 0 Å². The molecule has 7 heteroatoms. The predicted octanol–water partition coefficient (Wildman–Crippen LogP) is 3.72. The molecule has 0 bridgehead atoms. The van der Waals surface area contributed by atoms with Gasteiger partial charge in [-0.25, -0.2) is 13.2 Å². The van der Waals surface area contributed by atoms with Gasteiger partial charge in [-0.05, 0) is 48.5 Å². The molecule has 0 spiro atoms. The molecule has 0 saturated carbocycles. The summed E-state index contributed by atoms with van der Waals surface area (Å²) in [6.45, 7) is 0. The highest BCUT2D eigenvalue weighted by molar-refractivity contribution is 7.91. The molecule has 3 aromatic carbocycles. The fourth-order valence-electron chi connectivity index (χ4n) is 2.31. The molecule has 0 fully saturated rings. The summed E-state index contributed by atoms with van der Waals surface area (Å²) >= 11 is 0. The number of sulfone groups is 1. The van der Waals surface area contributed by atoms with Gasteiger partial charge in [0.2, 0.25) is 9.84 Å². The fraction of sp³-hybridized carbons (Fsp3) is 0. The van der Waals surface area contributed by atoms with E-state index < -0.39 is 21.6 Å². The fourth-order valence-corrected chi connectivity index (χ4v) is 3.60. The van der Waals surface area contributed by atoms with Gasteiger partial charge in [-0.15, -0.1) is 0 Å². The van der Waals surface area contributed by atoms with E-state index in [0.29, 0.717) is 5.75 Å². The highest BCUT2D eigenvalue weighted by Gasteiger charge is 2.17. The van der Waals surface area contributed by atoms with Gasteiger partial charge in [0.1, 0.15) is 22.8 Å². The van der Waals surface area contributed by atoms with Gasteiger partial charge in [0.05, 0.1) is 9.79 Å². The summed E-state index contributed by atoms with van der Waals surface area (Å²) in [5.74, 6) is -1.09. The molecule has 0 amide bonds. The lowest BCUT2D eigenvalue weighted by molar-refractivity contribution is 0.0693. The standard InChI is InChI=1S/C19H14O6S/c20-18-12-14(8-11-17(18)19(21)22)25-13-6-9-16(10-7-13)26(23,24)15-4-2-1-3-5-15/h1-12,20H,(H,21,22). The van der Waals surface area contributed by atoms with E-state index in [4.69, 9.17) is 9.84 Å². The van der Waals surface area contributed by atoms with Gasteiger partial charge >= 0.3 is 5.97 Å². The molecule has 3 aromatic rings. The Balaban J connectivity index is 1.82. The van der Waals surface area contributed by atoms with Crippen LogP contribution in [0, 0.1) is 0 Å². The molecule has 2 N–H and O–H groups in total. The van der Waals surface area contributed by atoms with E-state index in [1.165, 1.54) is 54.6 Å². The molecule has 0 aliphatic heterocycles. The zero-order valence-electron chi connectivity index (χ0n) is 13.4. The second-order valence-corrected chi connectivity index (χ2v) is 7.32. The summed E-state index contributed by atoms with van der Waals surface area (Å²) in [5.41, 5.74) is -0.235. The third-order valence-electron chi connectivity index (χ3n) is 3.62. The van der Waals surface area contributed by atoms with Gasteiger partial charge in [-0.2, -0.15) is 0 Å². The van der Waals surface area contributed by atoms with Crippen molar-refractivity contribution in [2.45, 2.75) is 9.79 Å². The molecular formula is C19H14O6S. The zero-order chi connectivity index (χ0) is 18.7. The van der Waals surface area contributed by atoms with Crippen molar-refractivity contribution in [2.75, 3.05) is 0 Å². The third-order valence-corrected chi connectivity index (χ3v) is 5.41. The zero-order valence-corrected chi connectivity index (χ0v) is 14.2. The summed E-state index contributed by atoms with van der Waals surface area (Å²) in [4.78, 5) is 11.2. The molecule has 0 aromatic heterocycles. The first kappa shape index (κ1) is 17.5. The number of carbonyl (C=O) groups is 1. The van der Waals surface area contributed by atoms with Crippen molar-refractivity contribution < 1.29 is 28.2 Å². The maximum atomic E-state index is 12.5. The van der Waals surface area contributed by atoms with Crippen LogP contribution in [0.4, 0.5) is 0 Å². The molecule has 26 heavy (non-hydrogen) atoms. The van der Waals surface area contributed by atoms with E-state index in [-0.39, 0.29) is 21.1 Å². The maximum Gasteiger partial charge on any atom is 0.339 e. The van der Waals surface area contributed by atoms with Crippen molar-refractivity contribution in [1.82, 2.24) is 0 Å². The molecule has 0 saturated heterocycles. The summed E-state index contributed by atoms with van der Waals surface area (Å²) in [7, 11) is -3.61. The number of benzene rings is 3. The lowest BCUT2D eigenvalue weighted by Gasteiger charge is -2.09. The van der Waals surface area contributed by atoms with Crippen LogP contribution in [0.25, 0.3) is 0 Å². The van der Waals surface area contributed by atoms with Gasteiger partial charge in [-0.1, -0.05) is 18.2 Å². The van der Waals surface area contributed by atoms with E-state index in [2.05, 4.69) is 0 Å². The van der Waals surface area contributed by atoms with Crippen LogP contribution >= 0.6 is 0 Å². The SMILES string of the molecule is O=C(O)c1ccc(Oc2ccc(S(=O)(=O)c3ccccc3)cc2)cc1O. The van der Waals surface area contributed by atoms with Crippen molar-refractivity contribution in [1.29, 1.82) is 0 Å². The highest BCUT2D eigenvalue weighted by atomic mass is 32.2. The second kappa shape index (κ2) is 6.89. The number of hydrogen-bond acceptors (Lipinski definition) is 5. The quantitative estimate of drug-likeness (QED) is 0.710. The maximum absolute atomic E-state index is 12.5. The monoisotopic (exact) mass is 370 g/mol. The average Bonchev–Trinajstić information content (AvgIpc) is 2.63. The first-order valence-electron chi connectivity index (χ1n) is 7.52. The molecule has 0 heterocycles. The lowest BCUT2D eigenvalue weighted by Crippen LogP contribution is -2.01. The normalized spacial score (nSPS) is 11.1. The van der Waals surface area contributed by atoms with Crippen LogP contribution in [0.15, 0.2) is 82.6 Å². The van der Waals surface area contributed by atoms with E-state index in [9.17, 15) is 18.3 Å². The summed E-state index contributed by atoms with van der Waals surface area (Å²) in [6.07, 6.45) is 0. The Morgan fingerprint density at radius 2 is 1.38 bits per heavy atom. The Morgan fingerprint density at radius 1 is 0.808 bits per heavy atom. The lowest BCUT2D eigenvalue weighted by atomic mass is 10.2. The molecule has 0 atom stereocenters. The van der Waals surface area contributed by atoms with Crippen molar-refractivity contribution in [2.24, 2.45) is 0 Å². The molecule has 0 unspecified atom stereocenters. The number of phenols is 1. The Kier molecular flexibility index (Phi) is 4.64. The van der Waals surface area contributed by atoms with E-state index in [1.807, 2.05) is 0 Å². The van der Waals surface area contributed by atoms with Crippen LogP contribution in [-0.4, -0.2) is 24.6 Å². The van der Waals surface area contributed by atoms with Gasteiger partial charge in [0.25, 0.3) is 0 Å². The van der Waals surface area contributed by atoms with Gasteiger partial charge < -0.3 is 14.9 Å². The van der Waals surface area contributed by atoms with Crippen molar-refractivity contribution in [3.8, 4) is 17.2 Å². The Bertz CT molecular complexity index is 1040. The minimum absolute atomic E-state index is 0.125. The number of carboxylic acids is 1. The minimum atomic E-state index is -3.61. The number of ether oxygens (including phenoxy) is 1. The molecule has 0 aliphatic rings. The number of rotatable bonds is 5. The molecule has 132 valence electrons. The van der Waals surface area contributed by atoms with Crippen LogP contribution in [-0.2, 0) is 9.84 Å². The van der Waals surface area contributed by atoms with Crippen LogP contribution in [0.5, 0.6) is 17.2 Å². The van der Waals surface area contributed by atoms with Crippen LogP contribution in [0.2, 0.25) is 0 Å². The number of carboxylic acid groups (broad SMARTS) is 1. The highest BCUT2D eigenvalue weighted by Crippen LogP contribution is 2.29. The van der Waals surface area contributed by atoms with Crippen molar-refractivity contribution in [3.05, 3.63) is 78.4 Å². The van der Waals surface area contributed by atoms with Crippen molar-refractivity contribution in [3.63, 3.8) is 0 Å². The Labute approximate surface area is 149 Å². The molecule has 0 aliphatic carbocycles. The first-order valence-corrected chi connectivity index (χ1v) is 9.00. The topological polar surface area (TPSA) is 101 Å². The largest absolute Gasteiger partial charge is 0.507 e. The van der Waals surface area contributed by atoms with Crippen LogP contribution in [0.1, 0.15) is 10.4 Å². The number of aromatic carboxylic acids is 1. The summed E-state index contributed by atoms with van der Waals surface area (Å²) in [5, 5.41) is 18.6. The number of aromatic hydroxyl groups is 1. The van der Waals surface area contributed by atoms with E-state index >= 15 is 0 Å². The Morgan fingerprint density at radius 3 is 1.96 bits per heavy atom. The van der Waals surface area contributed by atoms with Crippen molar-refractivity contribution >= 4 is 15.8 Å². The third kappa shape index (κ3) is 3.52. The van der Waals surface area contributed by atoms with Gasteiger partial charge in [0.15, 0.2) is 0 Å². The summed E-state index contributed by atoms with van der Waals surface area (Å²) in [6, 6.07) is 17.7. The number of hydrogen-bond donors (Lipinski definition) is 2. The van der Waals surface area contributed by atoms with Gasteiger partial charge in [0, 0.05) is 6.07 Å². The second-order valence-electron chi connectivity index (χ2n) is 5.37. The minimum Gasteiger partial charge on any atom is -0.507 e. The smallest absolute Gasteiger partial charge is 0.339 e. The average molecular weight is 370 g/mol.